The van der Waals surface area contributed by atoms with E-state index in [1.54, 1.807) is 15.7 Å². The van der Waals surface area contributed by atoms with Gasteiger partial charge in [-0.05, 0) is 31.1 Å². The van der Waals surface area contributed by atoms with Crippen LogP contribution in [0, 0.1) is 11.8 Å². The molecule has 0 aromatic rings. The van der Waals surface area contributed by atoms with E-state index in [4.69, 9.17) is 0 Å². The summed E-state index contributed by atoms with van der Waals surface area (Å²) in [6.07, 6.45) is 8.02. The van der Waals surface area contributed by atoms with Crippen molar-refractivity contribution in [2.75, 3.05) is 20.1 Å². The lowest BCUT2D eigenvalue weighted by Crippen LogP contribution is -2.51. The van der Waals surface area contributed by atoms with Crippen LogP contribution in [-0.2, 0) is 10.2 Å². The first-order valence-corrected chi connectivity index (χ1v) is 9.54. The first-order chi connectivity index (χ1) is 9.41. The molecule has 2 atom stereocenters. The topological polar surface area (TPSA) is 40.6 Å². The highest BCUT2D eigenvalue weighted by molar-refractivity contribution is 7.86. The first-order valence-electron chi connectivity index (χ1n) is 8.14. The minimum Gasteiger partial charge on any atom is -0.195 e. The molecule has 0 N–H and O–H groups in total. The molecular formula is C15H30N2O2S. The second-order valence-corrected chi connectivity index (χ2v) is 8.92. The Morgan fingerprint density at radius 3 is 1.95 bits per heavy atom. The molecule has 0 amide bonds. The van der Waals surface area contributed by atoms with Crippen LogP contribution in [0.4, 0.5) is 0 Å². The summed E-state index contributed by atoms with van der Waals surface area (Å²) >= 11 is 0. The zero-order valence-electron chi connectivity index (χ0n) is 13.2. The van der Waals surface area contributed by atoms with E-state index >= 15 is 0 Å². The lowest BCUT2D eigenvalue weighted by Gasteiger charge is -2.38. The van der Waals surface area contributed by atoms with Crippen molar-refractivity contribution in [1.82, 2.24) is 8.61 Å². The van der Waals surface area contributed by atoms with Crippen LogP contribution < -0.4 is 0 Å². The van der Waals surface area contributed by atoms with Gasteiger partial charge in [0.25, 0.3) is 10.2 Å². The molecule has 1 aliphatic heterocycles. The van der Waals surface area contributed by atoms with Crippen molar-refractivity contribution in [3.05, 3.63) is 0 Å². The normalized spacial score (nSPS) is 31.4. The van der Waals surface area contributed by atoms with Crippen LogP contribution in [0.3, 0.4) is 0 Å². The van der Waals surface area contributed by atoms with Crippen molar-refractivity contribution in [1.29, 1.82) is 0 Å². The number of rotatable bonds is 3. The average Bonchev–Trinajstić information content (AvgIpc) is 2.65. The molecule has 1 aliphatic carbocycles. The Morgan fingerprint density at radius 1 is 0.950 bits per heavy atom. The van der Waals surface area contributed by atoms with Crippen LogP contribution in [-0.4, -0.2) is 43.2 Å². The fraction of sp³-hybridized carbons (Fsp3) is 1.00. The van der Waals surface area contributed by atoms with Gasteiger partial charge in [-0.15, -0.1) is 0 Å². The highest BCUT2D eigenvalue weighted by Crippen LogP contribution is 2.28. The molecule has 0 aromatic carbocycles. The minimum atomic E-state index is -3.28. The maximum absolute atomic E-state index is 12.8. The highest BCUT2D eigenvalue weighted by atomic mass is 32.2. The van der Waals surface area contributed by atoms with E-state index in [1.807, 2.05) is 0 Å². The summed E-state index contributed by atoms with van der Waals surface area (Å²) in [6.45, 7) is 5.68. The van der Waals surface area contributed by atoms with Crippen LogP contribution in [0.15, 0.2) is 0 Å². The third-order valence-electron chi connectivity index (χ3n) is 4.86. The Hall–Kier alpha value is -0.130. The summed E-state index contributed by atoms with van der Waals surface area (Å²) in [5, 5.41) is 0. The Bertz CT molecular complexity index is 392. The molecular weight excluding hydrogens is 272 g/mol. The zero-order valence-corrected chi connectivity index (χ0v) is 14.0. The van der Waals surface area contributed by atoms with Gasteiger partial charge in [-0.1, -0.05) is 39.5 Å². The largest absolute Gasteiger partial charge is 0.281 e. The van der Waals surface area contributed by atoms with E-state index in [2.05, 4.69) is 13.8 Å². The lowest BCUT2D eigenvalue weighted by molar-refractivity contribution is 0.203. The molecule has 0 spiro atoms. The molecule has 2 aliphatic rings. The summed E-state index contributed by atoms with van der Waals surface area (Å²) in [5.41, 5.74) is 0. The minimum absolute atomic E-state index is 0.204. The number of hydrogen-bond acceptors (Lipinski definition) is 2. The van der Waals surface area contributed by atoms with Crippen LogP contribution >= 0.6 is 0 Å². The molecule has 1 saturated heterocycles. The zero-order chi connectivity index (χ0) is 14.8. The van der Waals surface area contributed by atoms with Crippen molar-refractivity contribution >= 4 is 10.2 Å². The van der Waals surface area contributed by atoms with Gasteiger partial charge in [0.1, 0.15) is 0 Å². The maximum Gasteiger partial charge on any atom is 0.281 e. The molecule has 2 unspecified atom stereocenters. The van der Waals surface area contributed by atoms with Gasteiger partial charge in [0.15, 0.2) is 0 Å². The van der Waals surface area contributed by atoms with E-state index in [0.29, 0.717) is 24.9 Å². The van der Waals surface area contributed by atoms with E-state index in [1.165, 1.54) is 12.8 Å². The molecule has 0 aromatic heterocycles. The molecule has 5 heteroatoms. The Morgan fingerprint density at radius 2 is 1.45 bits per heavy atom. The number of nitrogens with zero attached hydrogens (tertiary/aromatic N) is 2. The molecule has 20 heavy (non-hydrogen) atoms. The number of hydrogen-bond donors (Lipinski definition) is 0. The quantitative estimate of drug-likeness (QED) is 0.752. The molecule has 2 fully saturated rings. The van der Waals surface area contributed by atoms with Crippen LogP contribution in [0.2, 0.25) is 0 Å². The van der Waals surface area contributed by atoms with Crippen molar-refractivity contribution in [2.24, 2.45) is 11.8 Å². The summed E-state index contributed by atoms with van der Waals surface area (Å²) in [6, 6.07) is 0.204. The predicted molar refractivity (Wildman–Crippen MR) is 82.7 cm³/mol. The molecule has 4 nitrogen and oxygen atoms in total. The Kier molecular flexibility index (Phi) is 5.49. The van der Waals surface area contributed by atoms with E-state index in [-0.39, 0.29) is 6.04 Å². The number of piperidine rings is 1. The summed E-state index contributed by atoms with van der Waals surface area (Å²) in [5.74, 6) is 0.937. The molecule has 1 saturated carbocycles. The highest BCUT2D eigenvalue weighted by Gasteiger charge is 2.36. The molecule has 1 heterocycles. The Labute approximate surface area is 124 Å². The van der Waals surface area contributed by atoms with Crippen molar-refractivity contribution in [3.63, 3.8) is 0 Å². The summed E-state index contributed by atoms with van der Waals surface area (Å²) in [7, 11) is -1.49. The van der Waals surface area contributed by atoms with E-state index < -0.39 is 10.2 Å². The van der Waals surface area contributed by atoms with Gasteiger partial charge in [-0.3, -0.25) is 0 Å². The monoisotopic (exact) mass is 302 g/mol. The van der Waals surface area contributed by atoms with Crippen molar-refractivity contribution in [3.8, 4) is 0 Å². The molecule has 118 valence electrons. The molecule has 0 bridgehead atoms. The first kappa shape index (κ1) is 16.2. The second kappa shape index (κ2) is 6.75. The standard InChI is InChI=1S/C15H30N2O2S/c1-13-10-14(2)12-17(11-13)20(18,19)16(3)15-8-6-4-5-7-9-15/h13-15H,4-12H2,1-3H3. The Balaban J connectivity index is 2.07. The predicted octanol–water partition coefficient (Wildman–Crippen LogP) is 2.86. The smallest absolute Gasteiger partial charge is 0.195 e. The van der Waals surface area contributed by atoms with E-state index in [0.717, 1.165) is 32.1 Å². The van der Waals surface area contributed by atoms with Gasteiger partial charge in [-0.2, -0.15) is 17.0 Å². The second-order valence-electron chi connectivity index (χ2n) is 6.93. The van der Waals surface area contributed by atoms with Gasteiger partial charge in [-0.25, -0.2) is 0 Å². The van der Waals surface area contributed by atoms with Gasteiger partial charge in [0.2, 0.25) is 0 Å². The SMILES string of the molecule is CC1CC(C)CN(S(=O)(=O)N(C)C2CCCCCC2)C1. The summed E-state index contributed by atoms with van der Waals surface area (Å²) < 4.78 is 29.1. The van der Waals surface area contributed by atoms with Crippen LogP contribution in [0.1, 0.15) is 58.8 Å². The fourth-order valence-corrected chi connectivity index (χ4v) is 5.62. The molecule has 0 radical (unpaired) electrons. The van der Waals surface area contributed by atoms with Crippen molar-refractivity contribution < 1.29 is 8.42 Å². The fourth-order valence-electron chi connectivity index (χ4n) is 3.79. The van der Waals surface area contributed by atoms with Crippen molar-refractivity contribution in [2.45, 2.75) is 64.8 Å². The molecule has 2 rings (SSSR count). The van der Waals surface area contributed by atoms with Crippen LogP contribution in [0.25, 0.3) is 0 Å². The van der Waals surface area contributed by atoms with Gasteiger partial charge >= 0.3 is 0 Å². The third kappa shape index (κ3) is 3.74. The summed E-state index contributed by atoms with van der Waals surface area (Å²) in [4.78, 5) is 0. The van der Waals surface area contributed by atoms with Gasteiger partial charge < -0.3 is 0 Å². The average molecular weight is 302 g/mol. The van der Waals surface area contributed by atoms with Crippen LogP contribution in [0.5, 0.6) is 0 Å². The van der Waals surface area contributed by atoms with Gasteiger partial charge in [0.05, 0.1) is 0 Å². The van der Waals surface area contributed by atoms with E-state index in [9.17, 15) is 8.42 Å². The van der Waals surface area contributed by atoms with Gasteiger partial charge in [0, 0.05) is 26.2 Å². The maximum atomic E-state index is 12.8. The third-order valence-corrected chi connectivity index (χ3v) is 6.84. The lowest BCUT2D eigenvalue weighted by atomic mass is 9.94.